The van der Waals surface area contributed by atoms with Gasteiger partial charge in [0.15, 0.2) is 0 Å². The number of methoxy groups -OCH3 is 1. The van der Waals surface area contributed by atoms with Crippen molar-refractivity contribution in [1.29, 1.82) is 0 Å². The molecule has 146 valence electrons. The van der Waals surface area contributed by atoms with Gasteiger partial charge >= 0.3 is 0 Å². The number of amides is 2. The Morgan fingerprint density at radius 1 is 1.31 bits per heavy atom. The first-order valence-electron chi connectivity index (χ1n) is 9.58. The third kappa shape index (κ3) is 5.59. The van der Waals surface area contributed by atoms with Gasteiger partial charge in [0.05, 0.1) is 19.7 Å². The van der Waals surface area contributed by atoms with E-state index in [0.717, 1.165) is 25.0 Å². The van der Waals surface area contributed by atoms with E-state index in [-0.39, 0.29) is 24.3 Å². The second kappa shape index (κ2) is 9.76. The predicted octanol–water partition coefficient (Wildman–Crippen LogP) is 2.28. The van der Waals surface area contributed by atoms with Gasteiger partial charge in [-0.1, -0.05) is 20.3 Å². The maximum Gasteiger partial charge on any atom is 0.242 e. The molecule has 0 bridgehead atoms. The Kier molecular flexibility index (Phi) is 7.69. The van der Waals surface area contributed by atoms with E-state index in [9.17, 15) is 9.59 Å². The van der Waals surface area contributed by atoms with Gasteiger partial charge in [-0.05, 0) is 30.9 Å². The van der Waals surface area contributed by atoms with Crippen molar-refractivity contribution >= 4 is 11.8 Å². The average Bonchev–Trinajstić information content (AvgIpc) is 2.93. The van der Waals surface area contributed by atoms with Gasteiger partial charge in [-0.15, -0.1) is 0 Å². The molecule has 2 rings (SSSR count). The molecule has 1 aliphatic carbocycles. The van der Waals surface area contributed by atoms with Crippen LogP contribution in [0.2, 0.25) is 0 Å². The highest BCUT2D eigenvalue weighted by atomic mass is 16.5. The summed E-state index contributed by atoms with van der Waals surface area (Å²) in [5.41, 5.74) is 1.06. The third-order valence-corrected chi connectivity index (χ3v) is 5.00. The number of nitrogens with zero attached hydrogens (tertiary/aromatic N) is 3. The molecular weight excluding hydrogens is 330 g/mol. The molecule has 1 aromatic heterocycles. The summed E-state index contributed by atoms with van der Waals surface area (Å²) in [6.45, 7) is 6.48. The van der Waals surface area contributed by atoms with E-state index in [0.29, 0.717) is 32.2 Å². The van der Waals surface area contributed by atoms with Crippen molar-refractivity contribution in [3.05, 3.63) is 24.0 Å². The summed E-state index contributed by atoms with van der Waals surface area (Å²) in [4.78, 5) is 29.3. The third-order valence-electron chi connectivity index (χ3n) is 5.00. The standard InChI is InChI=1S/C20H33N3O3/c1-16(2)13-23(20(25)17-7-5-8-17)15-19(24)22(11-12-26-4)14-18-9-6-10-21(18)3/h6,9-10,16-17H,5,7-8,11-15H2,1-4H3. The molecule has 6 heteroatoms. The van der Waals surface area contributed by atoms with E-state index >= 15 is 0 Å². The Hall–Kier alpha value is -1.82. The lowest BCUT2D eigenvalue weighted by Crippen LogP contribution is -2.47. The van der Waals surface area contributed by atoms with Gasteiger partial charge < -0.3 is 19.1 Å². The van der Waals surface area contributed by atoms with Gasteiger partial charge in [0, 0.05) is 45.1 Å². The Bertz CT molecular complexity index is 593. The molecule has 1 fully saturated rings. The van der Waals surface area contributed by atoms with Crippen molar-refractivity contribution in [1.82, 2.24) is 14.4 Å². The molecule has 0 radical (unpaired) electrons. The predicted molar refractivity (Wildman–Crippen MR) is 101 cm³/mol. The van der Waals surface area contributed by atoms with Crippen molar-refractivity contribution in [2.24, 2.45) is 18.9 Å². The number of aryl methyl sites for hydroxylation is 1. The van der Waals surface area contributed by atoms with Gasteiger partial charge in [0.1, 0.15) is 0 Å². The molecule has 26 heavy (non-hydrogen) atoms. The van der Waals surface area contributed by atoms with Crippen LogP contribution in [0.3, 0.4) is 0 Å². The summed E-state index contributed by atoms with van der Waals surface area (Å²) in [7, 11) is 3.61. The van der Waals surface area contributed by atoms with Gasteiger partial charge in [-0.25, -0.2) is 0 Å². The molecule has 6 nitrogen and oxygen atoms in total. The van der Waals surface area contributed by atoms with E-state index in [1.807, 2.05) is 29.9 Å². The zero-order chi connectivity index (χ0) is 19.1. The number of rotatable bonds is 10. The van der Waals surface area contributed by atoms with Crippen LogP contribution in [0.25, 0.3) is 0 Å². The second-order valence-corrected chi connectivity index (χ2v) is 7.66. The van der Waals surface area contributed by atoms with Crippen LogP contribution in [0.5, 0.6) is 0 Å². The van der Waals surface area contributed by atoms with Crippen LogP contribution in [0.1, 0.15) is 38.8 Å². The van der Waals surface area contributed by atoms with Crippen molar-refractivity contribution in [2.75, 3.05) is 33.4 Å². The largest absolute Gasteiger partial charge is 0.383 e. The van der Waals surface area contributed by atoms with Crippen LogP contribution in [0.4, 0.5) is 0 Å². The molecule has 0 N–H and O–H groups in total. The first kappa shape index (κ1) is 20.5. The van der Waals surface area contributed by atoms with Crippen LogP contribution >= 0.6 is 0 Å². The summed E-state index contributed by atoms with van der Waals surface area (Å²) >= 11 is 0. The summed E-state index contributed by atoms with van der Waals surface area (Å²) < 4.78 is 7.18. The van der Waals surface area contributed by atoms with Crippen LogP contribution < -0.4 is 0 Å². The summed E-state index contributed by atoms with van der Waals surface area (Å²) in [6, 6.07) is 3.98. The first-order valence-corrected chi connectivity index (χ1v) is 9.58. The quantitative estimate of drug-likeness (QED) is 0.641. The summed E-state index contributed by atoms with van der Waals surface area (Å²) in [6.07, 6.45) is 5.00. The molecule has 1 aliphatic rings. The minimum Gasteiger partial charge on any atom is -0.383 e. The SMILES string of the molecule is COCCN(Cc1cccn1C)C(=O)CN(CC(C)C)C(=O)C1CCC1. The highest BCUT2D eigenvalue weighted by molar-refractivity contribution is 5.86. The fourth-order valence-corrected chi connectivity index (χ4v) is 3.20. The molecule has 0 unspecified atom stereocenters. The Balaban J connectivity index is 2.05. The van der Waals surface area contributed by atoms with Gasteiger partial charge in [0.2, 0.25) is 11.8 Å². The maximum atomic E-state index is 13.0. The Morgan fingerprint density at radius 3 is 2.54 bits per heavy atom. The number of ether oxygens (including phenoxy) is 1. The first-order chi connectivity index (χ1) is 12.4. The molecule has 0 aliphatic heterocycles. The van der Waals surface area contributed by atoms with Crippen molar-refractivity contribution in [3.63, 3.8) is 0 Å². The fraction of sp³-hybridized carbons (Fsp3) is 0.700. The lowest BCUT2D eigenvalue weighted by molar-refractivity contribution is -0.145. The lowest BCUT2D eigenvalue weighted by Gasteiger charge is -2.34. The maximum absolute atomic E-state index is 13.0. The lowest BCUT2D eigenvalue weighted by atomic mass is 9.84. The van der Waals surface area contributed by atoms with Crippen LogP contribution in [0, 0.1) is 11.8 Å². The minimum absolute atomic E-state index is 0.0171. The highest BCUT2D eigenvalue weighted by Gasteiger charge is 2.31. The van der Waals surface area contributed by atoms with Gasteiger partial charge in [-0.2, -0.15) is 0 Å². The van der Waals surface area contributed by atoms with Crippen molar-refractivity contribution in [2.45, 2.75) is 39.7 Å². The topological polar surface area (TPSA) is 54.8 Å². The number of carbonyl (C=O) groups excluding carboxylic acids is 2. The number of carbonyl (C=O) groups is 2. The molecular formula is C20H33N3O3. The smallest absolute Gasteiger partial charge is 0.242 e. The Morgan fingerprint density at radius 2 is 2.04 bits per heavy atom. The molecule has 0 spiro atoms. The van der Waals surface area contributed by atoms with Crippen LogP contribution in [0.15, 0.2) is 18.3 Å². The molecule has 1 aromatic rings. The summed E-state index contributed by atoms with van der Waals surface area (Å²) in [5.74, 6) is 0.578. The number of hydrogen-bond donors (Lipinski definition) is 0. The van der Waals surface area contributed by atoms with E-state index in [1.165, 1.54) is 0 Å². The van der Waals surface area contributed by atoms with E-state index in [2.05, 4.69) is 13.8 Å². The highest BCUT2D eigenvalue weighted by Crippen LogP contribution is 2.28. The molecule has 2 amide bonds. The second-order valence-electron chi connectivity index (χ2n) is 7.66. The van der Waals surface area contributed by atoms with Crippen LogP contribution in [-0.4, -0.2) is 59.5 Å². The minimum atomic E-state index is -0.0171. The van der Waals surface area contributed by atoms with Gasteiger partial charge in [-0.3, -0.25) is 9.59 Å². The van der Waals surface area contributed by atoms with E-state index in [1.54, 1.807) is 16.9 Å². The molecule has 0 atom stereocenters. The average molecular weight is 364 g/mol. The Labute approximate surface area is 157 Å². The molecule has 1 saturated carbocycles. The zero-order valence-electron chi connectivity index (χ0n) is 16.6. The van der Waals surface area contributed by atoms with E-state index < -0.39 is 0 Å². The normalized spacial score (nSPS) is 14.3. The monoisotopic (exact) mass is 363 g/mol. The number of hydrogen-bond acceptors (Lipinski definition) is 3. The van der Waals surface area contributed by atoms with E-state index in [4.69, 9.17) is 4.74 Å². The van der Waals surface area contributed by atoms with Gasteiger partial charge in [0.25, 0.3) is 0 Å². The molecule has 1 heterocycles. The van der Waals surface area contributed by atoms with Crippen LogP contribution in [-0.2, 0) is 27.9 Å². The molecule has 0 saturated heterocycles. The van der Waals surface area contributed by atoms with Crippen molar-refractivity contribution in [3.8, 4) is 0 Å². The number of aromatic nitrogens is 1. The molecule has 0 aromatic carbocycles. The summed E-state index contributed by atoms with van der Waals surface area (Å²) in [5, 5.41) is 0. The fourth-order valence-electron chi connectivity index (χ4n) is 3.20. The van der Waals surface area contributed by atoms with Crippen molar-refractivity contribution < 1.29 is 14.3 Å². The zero-order valence-corrected chi connectivity index (χ0v) is 16.6.